The summed E-state index contributed by atoms with van der Waals surface area (Å²) in [5, 5.41) is 11.6. The largest absolute Gasteiger partial charge is 0.496 e. The third kappa shape index (κ3) is 5.93. The molecule has 3 aromatic carbocycles. The predicted octanol–water partition coefficient (Wildman–Crippen LogP) is 2.83. The predicted molar refractivity (Wildman–Crippen MR) is 155 cm³/mol. The number of ether oxygens (including phenoxy) is 1. The normalized spacial score (nSPS) is 18.9. The average molecular weight is 530 g/mol. The highest BCUT2D eigenvalue weighted by Crippen LogP contribution is 2.34. The smallest absolute Gasteiger partial charge is 0.249 e. The van der Waals surface area contributed by atoms with Crippen molar-refractivity contribution in [3.63, 3.8) is 0 Å². The lowest BCUT2D eigenvalue weighted by molar-refractivity contribution is -0.128. The molecule has 0 aliphatic carbocycles. The van der Waals surface area contributed by atoms with Crippen LogP contribution in [0.3, 0.4) is 0 Å². The van der Waals surface area contributed by atoms with E-state index in [4.69, 9.17) is 4.74 Å². The molecule has 0 saturated carbocycles. The molecule has 0 radical (unpaired) electrons. The minimum Gasteiger partial charge on any atom is -0.496 e. The van der Waals surface area contributed by atoms with E-state index in [1.165, 1.54) is 5.56 Å². The van der Waals surface area contributed by atoms with Gasteiger partial charge in [0, 0.05) is 44.0 Å². The third-order valence-corrected chi connectivity index (χ3v) is 8.00. The van der Waals surface area contributed by atoms with Crippen molar-refractivity contribution in [2.24, 2.45) is 0 Å². The van der Waals surface area contributed by atoms with Crippen molar-refractivity contribution in [2.45, 2.75) is 44.9 Å². The van der Waals surface area contributed by atoms with Gasteiger partial charge in [-0.05, 0) is 66.9 Å². The van der Waals surface area contributed by atoms with Crippen LogP contribution in [0.1, 0.15) is 30.0 Å². The summed E-state index contributed by atoms with van der Waals surface area (Å²) in [6.07, 6.45) is 1.26. The van der Waals surface area contributed by atoms with E-state index in [1.807, 2.05) is 29.2 Å². The summed E-state index contributed by atoms with van der Waals surface area (Å²) in [4.78, 5) is 31.0. The second-order valence-electron chi connectivity index (χ2n) is 10.5. The summed E-state index contributed by atoms with van der Waals surface area (Å²) < 4.78 is 5.81. The van der Waals surface area contributed by atoms with Crippen molar-refractivity contribution in [3.05, 3.63) is 71.3 Å². The molecule has 0 unspecified atom stereocenters. The molecule has 5 rings (SSSR count). The number of carbonyl (C=O) groups is 2. The van der Waals surface area contributed by atoms with Gasteiger partial charge in [-0.3, -0.25) is 14.5 Å². The molecule has 2 aliphatic heterocycles. The quantitative estimate of drug-likeness (QED) is 0.416. The summed E-state index contributed by atoms with van der Waals surface area (Å²) in [6, 6.07) is 17.7. The van der Waals surface area contributed by atoms with E-state index in [0.29, 0.717) is 19.4 Å². The number of hydrogen-bond acceptors (Lipinski definition) is 6. The fourth-order valence-corrected chi connectivity index (χ4v) is 5.60. The molecule has 1 fully saturated rings. The summed E-state index contributed by atoms with van der Waals surface area (Å²) in [5.41, 5.74) is 4.22. The Kier molecular flexibility index (Phi) is 8.45. The Balaban J connectivity index is 1.49. The highest BCUT2D eigenvalue weighted by Gasteiger charge is 2.33. The van der Waals surface area contributed by atoms with E-state index in [0.717, 1.165) is 66.1 Å². The molecule has 3 N–H and O–H groups in total. The number of anilines is 1. The van der Waals surface area contributed by atoms with Crippen LogP contribution in [0.15, 0.2) is 54.6 Å². The summed E-state index contributed by atoms with van der Waals surface area (Å²) in [7, 11) is 3.41. The number of hydrogen-bond donors (Lipinski definition) is 3. The lowest BCUT2D eigenvalue weighted by atomic mass is 9.99. The second kappa shape index (κ2) is 12.2. The van der Waals surface area contributed by atoms with Crippen molar-refractivity contribution in [2.75, 3.05) is 45.2 Å². The van der Waals surface area contributed by atoms with Crippen LogP contribution in [0, 0.1) is 0 Å². The Bertz CT molecular complexity index is 1340. The van der Waals surface area contributed by atoms with Crippen LogP contribution in [0.4, 0.5) is 5.69 Å². The molecule has 2 aliphatic rings. The topological polar surface area (TPSA) is 85.9 Å². The van der Waals surface area contributed by atoms with Crippen LogP contribution in [-0.4, -0.2) is 69.1 Å². The van der Waals surface area contributed by atoms with Crippen molar-refractivity contribution in [3.8, 4) is 5.75 Å². The van der Waals surface area contributed by atoms with E-state index in [9.17, 15) is 9.59 Å². The number of amides is 2. The molecule has 0 spiro atoms. The maximum absolute atomic E-state index is 14.0. The SMILES string of the molecule is CN[C@@H](C)C(=O)N[C@H]1CCc2ccccc2N(Cc2c(OC)ccc3cc(CN4CCNCC4)ccc23)C1=O. The number of methoxy groups -OCH3 is 1. The minimum atomic E-state index is -0.604. The molecule has 2 heterocycles. The van der Waals surface area contributed by atoms with E-state index >= 15 is 0 Å². The number of fused-ring (bicyclic) bond motifs is 2. The second-order valence-corrected chi connectivity index (χ2v) is 10.5. The molecule has 1 saturated heterocycles. The van der Waals surface area contributed by atoms with Crippen LogP contribution in [-0.2, 0) is 29.1 Å². The Morgan fingerprint density at radius 2 is 1.90 bits per heavy atom. The van der Waals surface area contributed by atoms with E-state index < -0.39 is 6.04 Å². The zero-order valence-corrected chi connectivity index (χ0v) is 23.1. The van der Waals surface area contributed by atoms with Crippen LogP contribution in [0.2, 0.25) is 0 Å². The molecular weight excluding hydrogens is 490 g/mol. The Morgan fingerprint density at radius 3 is 2.67 bits per heavy atom. The van der Waals surface area contributed by atoms with Gasteiger partial charge in [0.05, 0.1) is 19.7 Å². The van der Waals surface area contributed by atoms with Crippen LogP contribution >= 0.6 is 0 Å². The molecule has 2 atom stereocenters. The first-order valence-electron chi connectivity index (χ1n) is 13.9. The Hall–Kier alpha value is -3.46. The highest BCUT2D eigenvalue weighted by molar-refractivity contribution is 6.01. The zero-order chi connectivity index (χ0) is 27.4. The van der Waals surface area contributed by atoms with Gasteiger partial charge in [0.2, 0.25) is 11.8 Å². The third-order valence-electron chi connectivity index (χ3n) is 8.00. The molecular formula is C31H39N5O3. The number of nitrogens with one attached hydrogen (secondary N) is 3. The molecule has 0 aromatic heterocycles. The van der Waals surface area contributed by atoms with Gasteiger partial charge in [0.1, 0.15) is 11.8 Å². The molecule has 2 amide bonds. The van der Waals surface area contributed by atoms with Gasteiger partial charge < -0.3 is 25.6 Å². The van der Waals surface area contributed by atoms with Crippen molar-refractivity contribution >= 4 is 28.3 Å². The number of benzene rings is 3. The molecule has 206 valence electrons. The van der Waals surface area contributed by atoms with Crippen molar-refractivity contribution in [1.82, 2.24) is 20.9 Å². The zero-order valence-electron chi connectivity index (χ0n) is 23.1. The van der Waals surface area contributed by atoms with Crippen molar-refractivity contribution in [1.29, 1.82) is 0 Å². The van der Waals surface area contributed by atoms with Gasteiger partial charge in [0.25, 0.3) is 0 Å². The number of para-hydroxylation sites is 1. The van der Waals surface area contributed by atoms with Gasteiger partial charge in [0.15, 0.2) is 0 Å². The maximum atomic E-state index is 14.0. The molecule has 39 heavy (non-hydrogen) atoms. The molecule has 3 aromatic rings. The van der Waals surface area contributed by atoms with Gasteiger partial charge >= 0.3 is 0 Å². The summed E-state index contributed by atoms with van der Waals surface area (Å²) in [6.45, 7) is 7.21. The first kappa shape index (κ1) is 27.1. The van der Waals surface area contributed by atoms with E-state index in [-0.39, 0.29) is 17.9 Å². The number of nitrogens with zero attached hydrogens (tertiary/aromatic N) is 2. The van der Waals surface area contributed by atoms with Crippen molar-refractivity contribution < 1.29 is 14.3 Å². The van der Waals surface area contributed by atoms with Gasteiger partial charge in [-0.2, -0.15) is 0 Å². The van der Waals surface area contributed by atoms with Crippen LogP contribution in [0.25, 0.3) is 10.8 Å². The van der Waals surface area contributed by atoms with E-state index in [2.05, 4.69) is 51.2 Å². The number of rotatable bonds is 8. The number of aryl methyl sites for hydroxylation is 1. The monoisotopic (exact) mass is 529 g/mol. The van der Waals surface area contributed by atoms with Gasteiger partial charge in [-0.25, -0.2) is 0 Å². The molecule has 0 bridgehead atoms. The van der Waals surface area contributed by atoms with Gasteiger partial charge in [-0.1, -0.05) is 36.4 Å². The highest BCUT2D eigenvalue weighted by atomic mass is 16.5. The average Bonchev–Trinajstić information content (AvgIpc) is 3.09. The van der Waals surface area contributed by atoms with E-state index in [1.54, 1.807) is 21.1 Å². The summed E-state index contributed by atoms with van der Waals surface area (Å²) >= 11 is 0. The number of carbonyl (C=O) groups excluding carboxylic acids is 2. The first-order valence-corrected chi connectivity index (χ1v) is 13.9. The molecule has 8 nitrogen and oxygen atoms in total. The fraction of sp³-hybridized carbons (Fsp3) is 0.419. The van der Waals surface area contributed by atoms with Crippen LogP contribution < -0.4 is 25.6 Å². The molecule has 8 heteroatoms. The first-order chi connectivity index (χ1) is 19.0. The van der Waals surface area contributed by atoms with Gasteiger partial charge in [-0.15, -0.1) is 0 Å². The Labute approximate surface area is 230 Å². The number of likely N-dealkylation sites (N-methyl/N-ethyl adjacent to an activating group) is 1. The minimum absolute atomic E-state index is 0.106. The van der Waals surface area contributed by atoms with Crippen LogP contribution in [0.5, 0.6) is 5.75 Å². The lowest BCUT2D eigenvalue weighted by Crippen LogP contribution is -2.52. The fourth-order valence-electron chi connectivity index (χ4n) is 5.60. The Morgan fingerprint density at radius 1 is 1.10 bits per heavy atom. The standard InChI is InChI=1S/C31H39N5O3/c1-21(32-2)30(37)34-27-12-9-23-6-4-5-7-28(23)36(31(27)38)20-26-25-11-8-22(19-35-16-14-33-15-17-35)18-24(25)10-13-29(26)39-3/h4-8,10-11,13,18,21,27,32-33H,9,12,14-17,19-20H2,1-3H3,(H,34,37)/t21-,27-/m0/s1. The maximum Gasteiger partial charge on any atom is 0.249 e. The lowest BCUT2D eigenvalue weighted by Gasteiger charge is -2.28. The number of piperazine rings is 1. The summed E-state index contributed by atoms with van der Waals surface area (Å²) in [5.74, 6) is 0.462.